The highest BCUT2D eigenvalue weighted by Gasteiger charge is 2.33. The number of amides is 2. The maximum absolute atomic E-state index is 14.4. The van der Waals surface area contributed by atoms with Crippen LogP contribution >= 0.6 is 11.8 Å². The van der Waals surface area contributed by atoms with Crippen LogP contribution in [-0.2, 0) is 6.54 Å². The van der Waals surface area contributed by atoms with Crippen molar-refractivity contribution in [2.75, 3.05) is 11.2 Å². The zero-order chi connectivity index (χ0) is 19.8. The Morgan fingerprint density at radius 3 is 2.36 bits per heavy atom. The minimum atomic E-state index is -0.893. The van der Waals surface area contributed by atoms with Crippen LogP contribution in [0.5, 0.6) is 0 Å². The molecule has 1 aliphatic heterocycles. The normalized spacial score (nSPS) is 13.3. The van der Waals surface area contributed by atoms with Crippen LogP contribution in [0.15, 0.2) is 47.6 Å². The van der Waals surface area contributed by atoms with E-state index in [0.717, 1.165) is 17.0 Å². The molecule has 5 nitrogen and oxygen atoms in total. The van der Waals surface area contributed by atoms with E-state index < -0.39 is 29.2 Å². The third-order valence-electron chi connectivity index (χ3n) is 4.26. The average Bonchev–Trinajstić information content (AvgIpc) is 2.69. The van der Waals surface area contributed by atoms with E-state index >= 15 is 0 Å². The van der Waals surface area contributed by atoms with Gasteiger partial charge in [0.15, 0.2) is 11.0 Å². The molecule has 0 bridgehead atoms. The SMILES string of the molecule is CSc1nc(-c2ccc(F)cc2)c2c(n1)N(c1c(F)cccc1F)C(=O)NC2. The number of anilines is 2. The van der Waals surface area contributed by atoms with Gasteiger partial charge >= 0.3 is 6.03 Å². The first-order valence-corrected chi connectivity index (χ1v) is 9.45. The van der Waals surface area contributed by atoms with Crippen LogP contribution in [0, 0.1) is 17.5 Å². The van der Waals surface area contributed by atoms with Crippen molar-refractivity contribution in [3.63, 3.8) is 0 Å². The summed E-state index contributed by atoms with van der Waals surface area (Å²) in [6.07, 6.45) is 1.74. The molecule has 2 amide bonds. The predicted molar refractivity (Wildman–Crippen MR) is 99.9 cm³/mol. The number of hydrogen-bond donors (Lipinski definition) is 1. The Morgan fingerprint density at radius 1 is 1.04 bits per heavy atom. The number of halogens is 3. The number of nitrogens with one attached hydrogen (secondary N) is 1. The molecule has 0 radical (unpaired) electrons. The lowest BCUT2D eigenvalue weighted by atomic mass is 10.0. The summed E-state index contributed by atoms with van der Waals surface area (Å²) in [6, 6.07) is 8.33. The van der Waals surface area contributed by atoms with Crippen molar-refractivity contribution < 1.29 is 18.0 Å². The van der Waals surface area contributed by atoms with Gasteiger partial charge in [0.05, 0.1) is 12.2 Å². The Kier molecular flexibility index (Phi) is 4.68. The van der Waals surface area contributed by atoms with Gasteiger partial charge in [-0.15, -0.1) is 0 Å². The van der Waals surface area contributed by atoms with Crippen molar-refractivity contribution in [1.29, 1.82) is 0 Å². The highest BCUT2D eigenvalue weighted by atomic mass is 32.2. The van der Waals surface area contributed by atoms with E-state index in [0.29, 0.717) is 22.0 Å². The molecule has 0 saturated heterocycles. The molecule has 1 aromatic heterocycles. The minimum absolute atomic E-state index is 0.0715. The molecular formula is C19H13F3N4OS. The molecule has 1 N–H and O–H groups in total. The molecular weight excluding hydrogens is 389 g/mol. The van der Waals surface area contributed by atoms with Crippen molar-refractivity contribution in [3.8, 4) is 11.3 Å². The smallest absolute Gasteiger partial charge is 0.328 e. The number of urea groups is 1. The fraction of sp³-hybridized carbons (Fsp3) is 0.105. The van der Waals surface area contributed by atoms with Gasteiger partial charge in [0.1, 0.15) is 23.1 Å². The predicted octanol–water partition coefficient (Wildman–Crippen LogP) is 4.64. The van der Waals surface area contributed by atoms with Crippen molar-refractivity contribution in [2.24, 2.45) is 0 Å². The van der Waals surface area contributed by atoms with Crippen molar-refractivity contribution in [3.05, 3.63) is 65.5 Å². The summed E-state index contributed by atoms with van der Waals surface area (Å²) in [5.74, 6) is -2.10. The van der Waals surface area contributed by atoms with Crippen molar-refractivity contribution >= 4 is 29.3 Å². The lowest BCUT2D eigenvalue weighted by molar-refractivity contribution is 0.246. The zero-order valence-corrected chi connectivity index (χ0v) is 15.4. The number of thioether (sulfide) groups is 1. The molecule has 2 heterocycles. The van der Waals surface area contributed by atoms with Crippen molar-refractivity contribution in [1.82, 2.24) is 15.3 Å². The Balaban J connectivity index is 1.97. The first-order chi connectivity index (χ1) is 13.5. The maximum Gasteiger partial charge on any atom is 0.328 e. The highest BCUT2D eigenvalue weighted by molar-refractivity contribution is 7.98. The molecule has 28 heavy (non-hydrogen) atoms. The van der Waals surface area contributed by atoms with E-state index in [1.165, 1.54) is 30.0 Å². The number of hydrogen-bond acceptors (Lipinski definition) is 4. The van der Waals surface area contributed by atoms with E-state index in [1.54, 1.807) is 18.4 Å². The van der Waals surface area contributed by atoms with Gasteiger partial charge in [-0.3, -0.25) is 0 Å². The molecule has 0 aliphatic carbocycles. The lowest BCUT2D eigenvalue weighted by Crippen LogP contribution is -2.43. The largest absolute Gasteiger partial charge is 0.333 e. The second kappa shape index (κ2) is 7.16. The summed E-state index contributed by atoms with van der Waals surface area (Å²) >= 11 is 1.22. The highest BCUT2D eigenvalue weighted by Crippen LogP contribution is 2.38. The molecule has 3 aromatic rings. The Labute approximate surface area is 162 Å². The summed E-state index contributed by atoms with van der Waals surface area (Å²) in [5, 5.41) is 2.91. The monoisotopic (exact) mass is 402 g/mol. The van der Waals surface area contributed by atoms with Gasteiger partial charge in [-0.05, 0) is 42.7 Å². The molecule has 1 aliphatic rings. The minimum Gasteiger partial charge on any atom is -0.333 e. The Morgan fingerprint density at radius 2 is 1.71 bits per heavy atom. The standard InChI is InChI=1S/C19H13F3N4OS/c1-28-18-24-15(10-5-7-11(20)8-6-10)12-9-23-19(27)26(17(12)25-18)16-13(21)3-2-4-14(16)22/h2-8H,9H2,1H3,(H,23,27). The number of carbonyl (C=O) groups excluding carboxylic acids is 1. The number of aromatic nitrogens is 2. The van der Waals surface area contributed by atoms with Gasteiger partial charge in [0.2, 0.25) is 0 Å². The topological polar surface area (TPSA) is 58.1 Å². The first-order valence-electron chi connectivity index (χ1n) is 8.22. The van der Waals surface area contributed by atoms with Gasteiger partial charge in [-0.25, -0.2) is 32.8 Å². The van der Waals surface area contributed by atoms with Gasteiger partial charge in [-0.1, -0.05) is 17.8 Å². The zero-order valence-electron chi connectivity index (χ0n) is 14.5. The van der Waals surface area contributed by atoms with Gasteiger partial charge in [0, 0.05) is 11.1 Å². The average molecular weight is 402 g/mol. The Hall–Kier alpha value is -3.07. The summed E-state index contributed by atoms with van der Waals surface area (Å²) in [6.45, 7) is 0.0715. The number of para-hydroxylation sites is 1. The number of benzene rings is 2. The van der Waals surface area contributed by atoms with Crippen LogP contribution in [0.2, 0.25) is 0 Å². The van der Waals surface area contributed by atoms with E-state index in [2.05, 4.69) is 15.3 Å². The van der Waals surface area contributed by atoms with Crippen LogP contribution in [0.3, 0.4) is 0 Å². The lowest BCUT2D eigenvalue weighted by Gasteiger charge is -2.30. The first kappa shape index (κ1) is 18.3. The molecule has 2 aromatic carbocycles. The van der Waals surface area contributed by atoms with Crippen LogP contribution < -0.4 is 10.2 Å². The van der Waals surface area contributed by atoms with Crippen LogP contribution in [0.4, 0.5) is 29.5 Å². The molecule has 0 spiro atoms. The number of rotatable bonds is 3. The van der Waals surface area contributed by atoms with Gasteiger partial charge < -0.3 is 5.32 Å². The summed E-state index contributed by atoms with van der Waals surface area (Å²) in [7, 11) is 0. The summed E-state index contributed by atoms with van der Waals surface area (Å²) in [4.78, 5) is 22.2. The summed E-state index contributed by atoms with van der Waals surface area (Å²) < 4.78 is 42.1. The number of carbonyl (C=O) groups is 1. The fourth-order valence-corrected chi connectivity index (χ4v) is 3.35. The third kappa shape index (κ3) is 3.07. The molecule has 0 fully saturated rings. The fourth-order valence-electron chi connectivity index (χ4n) is 2.99. The van der Waals surface area contributed by atoms with Gasteiger partial charge in [0.25, 0.3) is 0 Å². The van der Waals surface area contributed by atoms with Crippen molar-refractivity contribution in [2.45, 2.75) is 11.7 Å². The molecule has 0 unspecified atom stereocenters. The number of nitrogens with zero attached hydrogens (tertiary/aromatic N) is 3. The molecule has 142 valence electrons. The molecule has 0 saturated carbocycles. The number of fused-ring (bicyclic) bond motifs is 1. The van der Waals surface area contributed by atoms with Gasteiger partial charge in [-0.2, -0.15) is 0 Å². The van der Waals surface area contributed by atoms with E-state index in [1.807, 2.05) is 0 Å². The molecule has 9 heteroatoms. The quantitative estimate of drug-likeness (QED) is 0.512. The van der Waals surface area contributed by atoms with Crippen LogP contribution in [0.25, 0.3) is 11.3 Å². The molecule has 4 rings (SSSR count). The van der Waals surface area contributed by atoms with E-state index in [-0.39, 0.29) is 12.4 Å². The molecule has 0 atom stereocenters. The van der Waals surface area contributed by atoms with Crippen LogP contribution in [-0.4, -0.2) is 22.3 Å². The second-order valence-electron chi connectivity index (χ2n) is 5.93. The summed E-state index contributed by atoms with van der Waals surface area (Å²) in [5.41, 5.74) is 1.01. The second-order valence-corrected chi connectivity index (χ2v) is 6.71. The maximum atomic E-state index is 14.4. The van der Waals surface area contributed by atoms with Crippen LogP contribution in [0.1, 0.15) is 5.56 Å². The third-order valence-corrected chi connectivity index (χ3v) is 4.81. The van der Waals surface area contributed by atoms with E-state index in [9.17, 15) is 18.0 Å². The Bertz CT molecular complexity index is 1060. The van der Waals surface area contributed by atoms with E-state index in [4.69, 9.17) is 0 Å².